The van der Waals surface area contributed by atoms with Crippen LogP contribution < -0.4 is 5.32 Å². The number of aromatic amines is 1. The number of amides is 1. The Morgan fingerprint density at radius 3 is 2.61 bits per heavy atom. The van der Waals surface area contributed by atoms with Crippen LogP contribution in [0, 0.1) is 19.7 Å². The number of para-hydroxylation sites is 1. The first-order valence-electron chi connectivity index (χ1n) is 9.11. The van der Waals surface area contributed by atoms with Crippen LogP contribution in [-0.4, -0.2) is 16.0 Å². The number of anilines is 1. The van der Waals surface area contributed by atoms with Gasteiger partial charge in [-0.1, -0.05) is 23.4 Å². The number of nitrogens with zero attached hydrogens (tertiary/aromatic N) is 1. The van der Waals surface area contributed by atoms with Gasteiger partial charge in [-0.2, -0.15) is 0 Å². The Hall–Kier alpha value is -3.41. The maximum atomic E-state index is 13.3. The number of aromatic nitrogens is 2. The van der Waals surface area contributed by atoms with Crippen LogP contribution in [0.5, 0.6) is 0 Å². The first kappa shape index (κ1) is 18.0. The molecule has 0 unspecified atom stereocenters. The first-order chi connectivity index (χ1) is 13.5. The topological polar surface area (TPSA) is 70.9 Å². The number of hydrogen-bond donors (Lipinski definition) is 2. The van der Waals surface area contributed by atoms with Gasteiger partial charge >= 0.3 is 0 Å². The molecule has 0 aliphatic rings. The zero-order chi connectivity index (χ0) is 19.7. The van der Waals surface area contributed by atoms with E-state index in [-0.39, 0.29) is 11.7 Å². The molecular weight excluding hydrogens is 357 g/mol. The third kappa shape index (κ3) is 3.41. The molecule has 2 N–H and O–H groups in total. The maximum absolute atomic E-state index is 13.3. The lowest BCUT2D eigenvalue weighted by Crippen LogP contribution is -2.13. The lowest BCUT2D eigenvalue weighted by molar-refractivity contribution is -0.116. The SMILES string of the molecule is Cc1noc(C)c1NC(=O)CCc1c(-c2ccc(F)cc2)[nH]c2ccccc12. The van der Waals surface area contributed by atoms with Crippen LogP contribution >= 0.6 is 0 Å². The number of carbonyl (C=O) groups is 1. The Labute approximate surface area is 161 Å². The molecule has 4 aromatic rings. The summed E-state index contributed by atoms with van der Waals surface area (Å²) in [5, 5.41) is 7.80. The van der Waals surface area contributed by atoms with Gasteiger partial charge in [0.25, 0.3) is 0 Å². The van der Waals surface area contributed by atoms with E-state index in [4.69, 9.17) is 4.52 Å². The fraction of sp³-hybridized carbons (Fsp3) is 0.182. The van der Waals surface area contributed by atoms with Crippen LogP contribution in [0.15, 0.2) is 53.1 Å². The Morgan fingerprint density at radius 1 is 1.14 bits per heavy atom. The summed E-state index contributed by atoms with van der Waals surface area (Å²) in [4.78, 5) is 15.9. The fourth-order valence-corrected chi connectivity index (χ4v) is 3.42. The lowest BCUT2D eigenvalue weighted by Gasteiger charge is -2.07. The summed E-state index contributed by atoms with van der Waals surface area (Å²) in [7, 11) is 0. The highest BCUT2D eigenvalue weighted by atomic mass is 19.1. The third-order valence-corrected chi connectivity index (χ3v) is 4.85. The van der Waals surface area contributed by atoms with E-state index < -0.39 is 0 Å². The van der Waals surface area contributed by atoms with Crippen LogP contribution in [0.3, 0.4) is 0 Å². The van der Waals surface area contributed by atoms with Gasteiger partial charge in [-0.15, -0.1) is 0 Å². The molecule has 2 aromatic carbocycles. The monoisotopic (exact) mass is 377 g/mol. The molecule has 0 spiro atoms. The second-order valence-electron chi connectivity index (χ2n) is 6.78. The van der Waals surface area contributed by atoms with Crippen LogP contribution in [0.4, 0.5) is 10.1 Å². The molecule has 0 saturated carbocycles. The zero-order valence-corrected chi connectivity index (χ0v) is 15.7. The van der Waals surface area contributed by atoms with Gasteiger partial charge in [-0.3, -0.25) is 4.79 Å². The molecule has 142 valence electrons. The number of H-pyrrole nitrogens is 1. The van der Waals surface area contributed by atoms with Crippen LogP contribution in [0.2, 0.25) is 0 Å². The van der Waals surface area contributed by atoms with Gasteiger partial charge in [0.05, 0.1) is 0 Å². The number of rotatable bonds is 5. The predicted octanol–water partition coefficient (Wildman–Crippen LogP) is 5.15. The van der Waals surface area contributed by atoms with E-state index in [1.807, 2.05) is 24.3 Å². The summed E-state index contributed by atoms with van der Waals surface area (Å²) in [6.07, 6.45) is 0.853. The second-order valence-corrected chi connectivity index (χ2v) is 6.78. The van der Waals surface area contributed by atoms with E-state index >= 15 is 0 Å². The number of hydrogen-bond acceptors (Lipinski definition) is 3. The highest BCUT2D eigenvalue weighted by molar-refractivity contribution is 5.94. The molecule has 0 aliphatic heterocycles. The van der Waals surface area contributed by atoms with E-state index in [1.54, 1.807) is 26.0 Å². The molecule has 0 bridgehead atoms. The molecule has 28 heavy (non-hydrogen) atoms. The minimum atomic E-state index is -0.278. The number of carbonyl (C=O) groups excluding carboxylic acids is 1. The summed E-state index contributed by atoms with van der Waals surface area (Å²) in [5.74, 6) is 0.204. The molecule has 0 aliphatic carbocycles. The molecular formula is C22H20FN3O2. The van der Waals surface area contributed by atoms with Crippen molar-refractivity contribution in [2.24, 2.45) is 0 Å². The van der Waals surface area contributed by atoms with E-state index in [1.165, 1.54) is 12.1 Å². The third-order valence-electron chi connectivity index (χ3n) is 4.85. The van der Waals surface area contributed by atoms with Crippen molar-refractivity contribution in [1.82, 2.24) is 10.1 Å². The molecule has 2 aromatic heterocycles. The summed E-state index contributed by atoms with van der Waals surface area (Å²) in [6, 6.07) is 14.3. The van der Waals surface area contributed by atoms with Crippen molar-refractivity contribution >= 4 is 22.5 Å². The number of benzene rings is 2. The molecule has 1 amide bonds. The van der Waals surface area contributed by atoms with Crippen molar-refractivity contribution in [3.63, 3.8) is 0 Å². The van der Waals surface area contributed by atoms with Crippen molar-refractivity contribution in [2.45, 2.75) is 26.7 Å². The number of fused-ring (bicyclic) bond motifs is 1. The van der Waals surface area contributed by atoms with Crippen molar-refractivity contribution in [3.05, 3.63) is 71.4 Å². The average Bonchev–Trinajstić information content (AvgIpc) is 3.22. The summed E-state index contributed by atoms with van der Waals surface area (Å²) in [5.41, 5.74) is 5.11. The van der Waals surface area contributed by atoms with Crippen molar-refractivity contribution in [2.75, 3.05) is 5.32 Å². The molecule has 4 rings (SSSR count). The Kier molecular flexibility index (Phi) is 4.69. The minimum absolute atomic E-state index is 0.107. The smallest absolute Gasteiger partial charge is 0.224 e. The first-order valence-corrected chi connectivity index (χ1v) is 9.11. The molecule has 5 nitrogen and oxygen atoms in total. The number of aryl methyl sites for hydroxylation is 3. The van der Waals surface area contributed by atoms with E-state index in [0.29, 0.717) is 30.0 Å². The van der Waals surface area contributed by atoms with Gasteiger partial charge in [0.15, 0.2) is 5.76 Å². The standard InChI is InChI=1S/C22H20FN3O2/c1-13-21(14(2)28-26-13)25-20(27)12-11-18-17-5-3-4-6-19(17)24-22(18)15-7-9-16(23)10-8-15/h3-10,24H,11-12H2,1-2H3,(H,25,27). The Bertz CT molecular complexity index is 1120. The molecule has 0 fully saturated rings. The normalized spacial score (nSPS) is 11.1. The largest absolute Gasteiger partial charge is 0.359 e. The Balaban J connectivity index is 1.61. The number of halogens is 1. The van der Waals surface area contributed by atoms with E-state index in [9.17, 15) is 9.18 Å². The van der Waals surface area contributed by atoms with Gasteiger partial charge < -0.3 is 14.8 Å². The highest BCUT2D eigenvalue weighted by Crippen LogP contribution is 2.31. The van der Waals surface area contributed by atoms with Gasteiger partial charge in [-0.05, 0) is 61.7 Å². The van der Waals surface area contributed by atoms with E-state index in [0.717, 1.165) is 27.7 Å². The molecule has 0 saturated heterocycles. The van der Waals surface area contributed by atoms with Crippen LogP contribution in [0.25, 0.3) is 22.2 Å². The maximum Gasteiger partial charge on any atom is 0.224 e. The number of nitrogens with one attached hydrogen (secondary N) is 2. The van der Waals surface area contributed by atoms with Gasteiger partial charge in [0, 0.05) is 23.0 Å². The lowest BCUT2D eigenvalue weighted by atomic mass is 10.0. The molecule has 2 heterocycles. The Morgan fingerprint density at radius 2 is 1.89 bits per heavy atom. The van der Waals surface area contributed by atoms with Crippen molar-refractivity contribution in [1.29, 1.82) is 0 Å². The zero-order valence-electron chi connectivity index (χ0n) is 15.7. The quantitative estimate of drug-likeness (QED) is 0.505. The molecule has 0 radical (unpaired) electrons. The molecule has 0 atom stereocenters. The minimum Gasteiger partial charge on any atom is -0.359 e. The fourth-order valence-electron chi connectivity index (χ4n) is 3.42. The highest BCUT2D eigenvalue weighted by Gasteiger charge is 2.16. The predicted molar refractivity (Wildman–Crippen MR) is 107 cm³/mol. The summed E-state index contributed by atoms with van der Waals surface area (Å²) < 4.78 is 18.4. The summed E-state index contributed by atoms with van der Waals surface area (Å²) >= 11 is 0. The van der Waals surface area contributed by atoms with Crippen LogP contribution in [-0.2, 0) is 11.2 Å². The average molecular weight is 377 g/mol. The van der Waals surface area contributed by atoms with Crippen molar-refractivity contribution < 1.29 is 13.7 Å². The van der Waals surface area contributed by atoms with Gasteiger partial charge in [-0.25, -0.2) is 4.39 Å². The van der Waals surface area contributed by atoms with Gasteiger partial charge in [0.1, 0.15) is 17.2 Å². The molecule has 6 heteroatoms. The van der Waals surface area contributed by atoms with Gasteiger partial charge in [0.2, 0.25) is 5.91 Å². The summed E-state index contributed by atoms with van der Waals surface area (Å²) in [6.45, 7) is 3.56. The van der Waals surface area contributed by atoms with E-state index in [2.05, 4.69) is 15.5 Å². The second kappa shape index (κ2) is 7.31. The van der Waals surface area contributed by atoms with Crippen molar-refractivity contribution in [3.8, 4) is 11.3 Å². The van der Waals surface area contributed by atoms with Crippen LogP contribution in [0.1, 0.15) is 23.4 Å².